The largest absolute Gasteiger partial charge is 0.447 e. The van der Waals surface area contributed by atoms with E-state index in [0.29, 0.717) is 5.69 Å². The number of carbonyl (C=O) groups is 1. The topological polar surface area (TPSA) is 62.7 Å². The van der Waals surface area contributed by atoms with Gasteiger partial charge in [0, 0.05) is 13.2 Å². The normalized spacial score (nSPS) is 9.57. The van der Waals surface area contributed by atoms with Crippen LogP contribution in [0, 0.1) is 0 Å². The first kappa shape index (κ1) is 10.5. The molecule has 0 saturated carbocycles. The van der Waals surface area contributed by atoms with Crippen LogP contribution in [-0.4, -0.2) is 36.4 Å². The maximum Gasteiger partial charge on any atom is 0.414 e. The number of pyridine rings is 1. The molecular formula is C9H12N2O3. The second kappa shape index (κ2) is 5.18. The Balaban J connectivity index is 2.57. The van der Waals surface area contributed by atoms with E-state index in [1.165, 1.54) is 4.90 Å². The monoisotopic (exact) mass is 196 g/mol. The summed E-state index contributed by atoms with van der Waals surface area (Å²) in [6.45, 7) is -0.171. The first-order chi connectivity index (χ1) is 6.75. The van der Waals surface area contributed by atoms with E-state index in [-0.39, 0.29) is 13.2 Å². The lowest BCUT2D eigenvalue weighted by atomic mass is 10.4. The van der Waals surface area contributed by atoms with Gasteiger partial charge in [0.15, 0.2) is 0 Å². The van der Waals surface area contributed by atoms with Gasteiger partial charge in [0.25, 0.3) is 0 Å². The fourth-order valence-electron chi connectivity index (χ4n) is 0.887. The third kappa shape index (κ3) is 2.70. The summed E-state index contributed by atoms with van der Waals surface area (Å²) in [7, 11) is 1.58. The number of anilines is 1. The highest BCUT2D eigenvalue weighted by molar-refractivity contribution is 5.86. The minimum absolute atomic E-state index is 0.00341. The van der Waals surface area contributed by atoms with Gasteiger partial charge in [-0.15, -0.1) is 0 Å². The zero-order valence-electron chi connectivity index (χ0n) is 7.88. The molecule has 0 spiro atoms. The minimum Gasteiger partial charge on any atom is -0.447 e. The third-order valence-electron chi connectivity index (χ3n) is 1.62. The van der Waals surface area contributed by atoms with E-state index in [0.717, 1.165) is 0 Å². The molecule has 0 aromatic carbocycles. The average molecular weight is 196 g/mol. The van der Waals surface area contributed by atoms with Gasteiger partial charge in [0.2, 0.25) is 0 Å². The molecular weight excluding hydrogens is 184 g/mol. The number of nitrogens with zero attached hydrogens (tertiary/aromatic N) is 2. The molecule has 1 aromatic heterocycles. The van der Waals surface area contributed by atoms with Crippen LogP contribution in [0.25, 0.3) is 0 Å². The molecule has 0 aliphatic carbocycles. The molecule has 0 unspecified atom stereocenters. The van der Waals surface area contributed by atoms with Crippen molar-refractivity contribution in [2.75, 3.05) is 25.2 Å². The number of aliphatic hydroxyl groups is 1. The lowest BCUT2D eigenvalue weighted by Crippen LogP contribution is -2.27. The van der Waals surface area contributed by atoms with Crippen LogP contribution in [0.4, 0.5) is 10.5 Å². The van der Waals surface area contributed by atoms with Crippen molar-refractivity contribution in [1.29, 1.82) is 0 Å². The molecule has 0 saturated heterocycles. The maximum atomic E-state index is 11.3. The molecule has 5 heteroatoms. The number of ether oxygens (including phenoxy) is 1. The molecule has 5 nitrogen and oxygen atoms in total. The summed E-state index contributed by atoms with van der Waals surface area (Å²) in [4.78, 5) is 16.5. The smallest absolute Gasteiger partial charge is 0.414 e. The molecule has 14 heavy (non-hydrogen) atoms. The maximum absolute atomic E-state index is 11.3. The van der Waals surface area contributed by atoms with Crippen LogP contribution < -0.4 is 4.90 Å². The van der Waals surface area contributed by atoms with Crippen LogP contribution in [0.3, 0.4) is 0 Å². The Labute approximate surface area is 81.9 Å². The Morgan fingerprint density at radius 1 is 1.71 bits per heavy atom. The number of hydrogen-bond donors (Lipinski definition) is 1. The third-order valence-corrected chi connectivity index (χ3v) is 1.62. The van der Waals surface area contributed by atoms with E-state index >= 15 is 0 Å². The van der Waals surface area contributed by atoms with Gasteiger partial charge >= 0.3 is 6.09 Å². The van der Waals surface area contributed by atoms with Crippen molar-refractivity contribution in [3.8, 4) is 0 Å². The highest BCUT2D eigenvalue weighted by atomic mass is 16.6. The van der Waals surface area contributed by atoms with Crippen LogP contribution >= 0.6 is 0 Å². The van der Waals surface area contributed by atoms with Gasteiger partial charge in [-0.05, 0) is 12.1 Å². The number of aromatic nitrogens is 1. The van der Waals surface area contributed by atoms with Crippen LogP contribution in [0.15, 0.2) is 24.5 Å². The molecule has 0 radical (unpaired) electrons. The van der Waals surface area contributed by atoms with E-state index < -0.39 is 6.09 Å². The van der Waals surface area contributed by atoms with Crippen LogP contribution in [0.2, 0.25) is 0 Å². The van der Waals surface area contributed by atoms with E-state index in [1.807, 2.05) is 0 Å². The highest BCUT2D eigenvalue weighted by Crippen LogP contribution is 2.09. The molecule has 0 bridgehead atoms. The molecule has 1 rings (SSSR count). The van der Waals surface area contributed by atoms with E-state index in [4.69, 9.17) is 9.84 Å². The quantitative estimate of drug-likeness (QED) is 0.770. The predicted molar refractivity (Wildman–Crippen MR) is 51.1 cm³/mol. The first-order valence-corrected chi connectivity index (χ1v) is 4.17. The average Bonchev–Trinajstić information content (AvgIpc) is 2.26. The zero-order valence-corrected chi connectivity index (χ0v) is 7.88. The van der Waals surface area contributed by atoms with Crippen molar-refractivity contribution >= 4 is 11.8 Å². The molecule has 1 aromatic rings. The molecule has 0 aliphatic rings. The fourth-order valence-corrected chi connectivity index (χ4v) is 0.887. The zero-order chi connectivity index (χ0) is 10.4. The Kier molecular flexibility index (Phi) is 3.87. The van der Waals surface area contributed by atoms with Crippen LogP contribution in [0.1, 0.15) is 0 Å². The summed E-state index contributed by atoms with van der Waals surface area (Å²) in [6, 6.07) is 3.47. The van der Waals surface area contributed by atoms with Gasteiger partial charge < -0.3 is 9.84 Å². The lowest BCUT2D eigenvalue weighted by molar-refractivity contribution is 0.126. The van der Waals surface area contributed by atoms with Gasteiger partial charge in [-0.2, -0.15) is 0 Å². The van der Waals surface area contributed by atoms with Gasteiger partial charge in [0.05, 0.1) is 18.5 Å². The van der Waals surface area contributed by atoms with Crippen molar-refractivity contribution in [2.24, 2.45) is 0 Å². The molecule has 76 valence electrons. The van der Waals surface area contributed by atoms with Crippen molar-refractivity contribution < 1.29 is 14.6 Å². The molecule has 1 heterocycles. The number of rotatable bonds is 3. The minimum atomic E-state index is -0.507. The predicted octanol–water partition coefficient (Wildman–Crippen LogP) is 0.647. The molecule has 0 fully saturated rings. The SMILES string of the molecule is CN(C(=O)OCCO)c1cccnc1. The lowest BCUT2D eigenvalue weighted by Gasteiger charge is -2.15. The second-order valence-corrected chi connectivity index (χ2v) is 2.61. The van der Waals surface area contributed by atoms with Crippen LogP contribution in [-0.2, 0) is 4.74 Å². The van der Waals surface area contributed by atoms with E-state index in [1.54, 1.807) is 31.6 Å². The number of carbonyl (C=O) groups excluding carboxylic acids is 1. The number of hydrogen-bond acceptors (Lipinski definition) is 4. The summed E-state index contributed by atoms with van der Waals surface area (Å²) in [5.41, 5.74) is 0.649. The first-order valence-electron chi connectivity index (χ1n) is 4.17. The van der Waals surface area contributed by atoms with Crippen molar-refractivity contribution in [2.45, 2.75) is 0 Å². The van der Waals surface area contributed by atoms with Crippen molar-refractivity contribution in [3.05, 3.63) is 24.5 Å². The standard InChI is InChI=1S/C9H12N2O3/c1-11(9(13)14-6-5-12)8-3-2-4-10-7-8/h2-4,7,12H,5-6H2,1H3. The number of amides is 1. The summed E-state index contributed by atoms with van der Waals surface area (Å²) in [5.74, 6) is 0. The summed E-state index contributed by atoms with van der Waals surface area (Å²) in [5, 5.41) is 8.46. The summed E-state index contributed by atoms with van der Waals surface area (Å²) < 4.78 is 4.72. The Morgan fingerprint density at radius 2 is 2.50 bits per heavy atom. The summed E-state index contributed by atoms with van der Waals surface area (Å²) in [6.07, 6.45) is 2.67. The van der Waals surface area contributed by atoms with Crippen LogP contribution in [0.5, 0.6) is 0 Å². The van der Waals surface area contributed by atoms with Crippen molar-refractivity contribution in [1.82, 2.24) is 4.98 Å². The molecule has 0 atom stereocenters. The second-order valence-electron chi connectivity index (χ2n) is 2.61. The van der Waals surface area contributed by atoms with Gasteiger partial charge in [-0.25, -0.2) is 4.79 Å². The van der Waals surface area contributed by atoms with Gasteiger partial charge in [-0.1, -0.05) is 0 Å². The Bertz CT molecular complexity index is 289. The van der Waals surface area contributed by atoms with Gasteiger partial charge in [-0.3, -0.25) is 9.88 Å². The summed E-state index contributed by atoms with van der Waals surface area (Å²) >= 11 is 0. The van der Waals surface area contributed by atoms with E-state index in [9.17, 15) is 4.79 Å². The Hall–Kier alpha value is -1.62. The fraction of sp³-hybridized carbons (Fsp3) is 0.333. The Morgan fingerprint density at radius 3 is 3.07 bits per heavy atom. The molecule has 0 aliphatic heterocycles. The number of aliphatic hydroxyl groups excluding tert-OH is 1. The molecule has 1 amide bonds. The van der Waals surface area contributed by atoms with Crippen molar-refractivity contribution in [3.63, 3.8) is 0 Å². The van der Waals surface area contributed by atoms with E-state index in [2.05, 4.69) is 4.98 Å². The molecule has 1 N–H and O–H groups in total. The van der Waals surface area contributed by atoms with Gasteiger partial charge in [0.1, 0.15) is 6.61 Å². The highest BCUT2D eigenvalue weighted by Gasteiger charge is 2.11.